The molecule has 0 radical (unpaired) electrons. The van der Waals surface area contributed by atoms with Gasteiger partial charge in [-0.15, -0.1) is 6.58 Å². The lowest BCUT2D eigenvalue weighted by Crippen LogP contribution is -2.62. The third-order valence-electron chi connectivity index (χ3n) is 7.64. The first-order valence-corrected chi connectivity index (χ1v) is 13.7. The predicted octanol–water partition coefficient (Wildman–Crippen LogP) is -4.39. The maximum atomic E-state index is 10.9. The normalized spacial score (nSPS) is 45.7. The van der Waals surface area contributed by atoms with Crippen molar-refractivity contribution in [2.24, 2.45) is 11.8 Å². The fraction of sp³-hybridized carbons (Fsp3) is 0.920. The third kappa shape index (κ3) is 7.43. The van der Waals surface area contributed by atoms with Gasteiger partial charge in [0, 0.05) is 19.1 Å². The van der Waals surface area contributed by atoms with E-state index in [1.54, 1.807) is 6.08 Å². The Bertz CT molecular complexity index is 806. The van der Waals surface area contributed by atoms with Crippen LogP contribution in [0.25, 0.3) is 0 Å². The fourth-order valence-electron chi connectivity index (χ4n) is 5.28. The Kier molecular flexibility index (Phi) is 12.8. The Hall–Kier alpha value is -0.900. The van der Waals surface area contributed by atoms with E-state index in [0.717, 1.165) is 12.8 Å². The zero-order chi connectivity index (χ0) is 30.5. The average Bonchev–Trinajstić information content (AvgIpc) is 3.30. The molecule has 41 heavy (non-hydrogen) atoms. The standard InChI is InChI=1S/C25H44O16/c1-3-5-6-7-8-36-23-20(21(33)25(35,41-23)37-4-2)40-24-19(18(32)16(30)12(10-27)38-24)39-22(34)13-14(28)11(9-26)15(29)17(13)31/h3,11-24,26-35H,1,4-10H2,2H3/t11?,12?,13?,14?,15-,16-,17?,18?,19?,20?,21?,22+,23+,24-,25-/m1/s1. The molecule has 0 amide bonds. The van der Waals surface area contributed by atoms with Crippen molar-refractivity contribution in [3.05, 3.63) is 12.7 Å². The van der Waals surface area contributed by atoms with Crippen LogP contribution in [0.1, 0.15) is 26.2 Å². The van der Waals surface area contributed by atoms with Crippen LogP contribution >= 0.6 is 0 Å². The van der Waals surface area contributed by atoms with E-state index in [4.69, 9.17) is 28.4 Å². The molecule has 1 aliphatic carbocycles. The highest BCUT2D eigenvalue weighted by molar-refractivity contribution is 5.00. The van der Waals surface area contributed by atoms with Crippen LogP contribution in [0.4, 0.5) is 0 Å². The minimum absolute atomic E-state index is 0.0750. The van der Waals surface area contributed by atoms with Crippen LogP contribution in [-0.2, 0) is 28.4 Å². The monoisotopic (exact) mass is 600 g/mol. The van der Waals surface area contributed by atoms with Gasteiger partial charge in [0.1, 0.15) is 30.5 Å². The molecule has 3 aliphatic rings. The summed E-state index contributed by atoms with van der Waals surface area (Å²) in [5, 5.41) is 104. The molecule has 16 heteroatoms. The summed E-state index contributed by atoms with van der Waals surface area (Å²) in [5.74, 6) is -5.32. The summed E-state index contributed by atoms with van der Waals surface area (Å²) in [6.45, 7) is 3.72. The Morgan fingerprint density at radius 2 is 1.61 bits per heavy atom. The van der Waals surface area contributed by atoms with Crippen LogP contribution in [-0.4, -0.2) is 157 Å². The van der Waals surface area contributed by atoms with E-state index in [9.17, 15) is 51.1 Å². The van der Waals surface area contributed by atoms with Gasteiger partial charge in [-0.25, -0.2) is 0 Å². The van der Waals surface area contributed by atoms with Crippen LogP contribution in [0.5, 0.6) is 0 Å². The SMILES string of the molecule is C=CCCCCO[C@H]1O[C@](O)(OCC)C(O)C1O[C@H]1OC(CO)[C@@H](O)C(O)C1O[C@H](O)C1C(O)C(CO)[C@@H](O)C1O. The molecule has 0 aromatic rings. The summed E-state index contributed by atoms with van der Waals surface area (Å²) < 4.78 is 33.1. The summed E-state index contributed by atoms with van der Waals surface area (Å²) in [7, 11) is 0. The van der Waals surface area contributed by atoms with Gasteiger partial charge in [0.05, 0.1) is 37.4 Å². The van der Waals surface area contributed by atoms with Gasteiger partial charge in [-0.3, -0.25) is 4.74 Å². The van der Waals surface area contributed by atoms with Crippen LogP contribution in [0, 0.1) is 11.8 Å². The van der Waals surface area contributed by atoms with Crippen molar-refractivity contribution in [2.75, 3.05) is 26.4 Å². The van der Waals surface area contributed by atoms with Crippen LogP contribution < -0.4 is 0 Å². The molecule has 0 aromatic heterocycles. The molecule has 15 atom stereocenters. The van der Waals surface area contributed by atoms with Crippen molar-refractivity contribution in [1.82, 2.24) is 0 Å². The van der Waals surface area contributed by atoms with Crippen LogP contribution in [0.2, 0.25) is 0 Å². The van der Waals surface area contributed by atoms with Crippen molar-refractivity contribution in [3.63, 3.8) is 0 Å². The summed E-state index contributed by atoms with van der Waals surface area (Å²) in [6.07, 6.45) is -16.8. The van der Waals surface area contributed by atoms with Crippen molar-refractivity contribution in [1.29, 1.82) is 0 Å². The van der Waals surface area contributed by atoms with E-state index in [1.807, 2.05) is 0 Å². The molecule has 0 bridgehead atoms. The lowest BCUT2D eigenvalue weighted by Gasteiger charge is -2.44. The number of ether oxygens (including phenoxy) is 6. The van der Waals surface area contributed by atoms with Gasteiger partial charge in [-0.2, -0.15) is 0 Å². The maximum absolute atomic E-state index is 10.9. The molecule has 2 heterocycles. The highest BCUT2D eigenvalue weighted by Crippen LogP contribution is 2.38. The molecular formula is C25H44O16. The zero-order valence-electron chi connectivity index (χ0n) is 22.7. The predicted molar refractivity (Wildman–Crippen MR) is 133 cm³/mol. The van der Waals surface area contributed by atoms with Gasteiger partial charge < -0.3 is 74.7 Å². The molecular weight excluding hydrogens is 556 g/mol. The summed E-state index contributed by atoms with van der Waals surface area (Å²) in [6, 6.07) is 0. The molecule has 0 spiro atoms. The van der Waals surface area contributed by atoms with Crippen LogP contribution in [0.3, 0.4) is 0 Å². The first-order valence-electron chi connectivity index (χ1n) is 13.7. The molecule has 0 aromatic carbocycles. The molecule has 240 valence electrons. The van der Waals surface area contributed by atoms with Gasteiger partial charge in [-0.05, 0) is 26.2 Å². The number of hydrogen-bond acceptors (Lipinski definition) is 16. The topological polar surface area (TPSA) is 258 Å². The van der Waals surface area contributed by atoms with E-state index >= 15 is 0 Å². The molecule has 3 fully saturated rings. The van der Waals surface area contributed by atoms with E-state index in [0.29, 0.717) is 6.42 Å². The Balaban J connectivity index is 1.82. The van der Waals surface area contributed by atoms with Gasteiger partial charge >= 0.3 is 5.97 Å². The highest BCUT2D eigenvalue weighted by Gasteiger charge is 2.60. The minimum atomic E-state index is -2.56. The molecule has 10 N–H and O–H groups in total. The van der Waals surface area contributed by atoms with Crippen molar-refractivity contribution >= 4 is 0 Å². The second-order valence-corrected chi connectivity index (χ2v) is 10.3. The van der Waals surface area contributed by atoms with Gasteiger partial charge in [0.2, 0.25) is 0 Å². The van der Waals surface area contributed by atoms with E-state index in [1.165, 1.54) is 6.92 Å². The quantitative estimate of drug-likeness (QED) is 0.0483. The van der Waals surface area contributed by atoms with Gasteiger partial charge in [-0.1, -0.05) is 6.08 Å². The molecule has 9 unspecified atom stereocenters. The maximum Gasteiger partial charge on any atom is 0.313 e. The first-order chi connectivity index (χ1) is 19.4. The zero-order valence-corrected chi connectivity index (χ0v) is 22.7. The number of allylic oxidation sites excluding steroid dienone is 1. The van der Waals surface area contributed by atoms with E-state index < -0.39 is 105 Å². The molecule has 3 rings (SSSR count). The van der Waals surface area contributed by atoms with E-state index in [2.05, 4.69) is 6.58 Å². The Labute approximate surface area is 236 Å². The minimum Gasteiger partial charge on any atom is -0.396 e. The van der Waals surface area contributed by atoms with Gasteiger partial charge in [0.15, 0.2) is 25.0 Å². The second kappa shape index (κ2) is 15.2. The van der Waals surface area contributed by atoms with Crippen molar-refractivity contribution in [3.8, 4) is 0 Å². The lowest BCUT2D eigenvalue weighted by atomic mass is 9.97. The van der Waals surface area contributed by atoms with Crippen molar-refractivity contribution in [2.45, 2.75) is 106 Å². The summed E-state index contributed by atoms with van der Waals surface area (Å²) >= 11 is 0. The number of aliphatic hydroxyl groups is 10. The number of aliphatic hydroxyl groups excluding tert-OH is 9. The molecule has 2 saturated heterocycles. The number of unbranched alkanes of at least 4 members (excludes halogenated alkanes) is 2. The lowest BCUT2D eigenvalue weighted by molar-refractivity contribution is -0.391. The Morgan fingerprint density at radius 3 is 2.20 bits per heavy atom. The third-order valence-corrected chi connectivity index (χ3v) is 7.64. The van der Waals surface area contributed by atoms with Crippen molar-refractivity contribution < 1.29 is 79.5 Å². The molecule has 1 saturated carbocycles. The second-order valence-electron chi connectivity index (χ2n) is 10.3. The smallest absolute Gasteiger partial charge is 0.313 e. The average molecular weight is 601 g/mol. The fourth-order valence-corrected chi connectivity index (χ4v) is 5.28. The summed E-state index contributed by atoms with van der Waals surface area (Å²) in [4.78, 5) is 0. The van der Waals surface area contributed by atoms with Crippen LogP contribution in [0.15, 0.2) is 12.7 Å². The first kappa shape index (κ1) is 34.6. The number of rotatable bonds is 15. The number of hydrogen-bond donors (Lipinski definition) is 10. The summed E-state index contributed by atoms with van der Waals surface area (Å²) in [5.41, 5.74) is 0. The highest BCUT2D eigenvalue weighted by atomic mass is 16.9. The Morgan fingerprint density at radius 1 is 0.902 bits per heavy atom. The largest absolute Gasteiger partial charge is 0.396 e. The van der Waals surface area contributed by atoms with Gasteiger partial charge in [0.25, 0.3) is 0 Å². The van der Waals surface area contributed by atoms with E-state index in [-0.39, 0.29) is 13.2 Å². The molecule has 16 nitrogen and oxygen atoms in total. The molecule has 2 aliphatic heterocycles.